The molecule has 86 valence electrons. The van der Waals surface area contributed by atoms with Crippen molar-refractivity contribution in [3.8, 4) is 0 Å². The number of carbonyl (C=O) groups is 1. The fourth-order valence-corrected chi connectivity index (χ4v) is 3.36. The Bertz CT molecular complexity index is 242. The molecule has 2 saturated heterocycles. The van der Waals surface area contributed by atoms with Gasteiger partial charge in [0.2, 0.25) is 0 Å². The van der Waals surface area contributed by atoms with E-state index in [0.29, 0.717) is 12.1 Å². The van der Waals surface area contributed by atoms with Gasteiger partial charge in [0.25, 0.3) is 0 Å². The molecule has 3 heteroatoms. The Morgan fingerprint density at radius 3 is 2.87 bits per heavy atom. The molecule has 2 aliphatic rings. The third-order valence-electron chi connectivity index (χ3n) is 4.03. The first-order valence-corrected chi connectivity index (χ1v) is 6.22. The molecule has 2 fully saturated rings. The molecule has 0 aromatic heterocycles. The first-order valence-electron chi connectivity index (χ1n) is 6.22. The number of carboxylic acids is 1. The van der Waals surface area contributed by atoms with Crippen LogP contribution in [-0.2, 0) is 4.79 Å². The molecule has 3 atom stereocenters. The topological polar surface area (TPSA) is 40.5 Å². The van der Waals surface area contributed by atoms with Crippen LogP contribution in [-0.4, -0.2) is 34.6 Å². The van der Waals surface area contributed by atoms with Crippen molar-refractivity contribution in [2.24, 2.45) is 5.92 Å². The predicted octanol–water partition coefficient (Wildman–Crippen LogP) is 2.11. The lowest BCUT2D eigenvalue weighted by Crippen LogP contribution is -2.49. The fourth-order valence-electron chi connectivity index (χ4n) is 3.36. The minimum atomic E-state index is -0.582. The summed E-state index contributed by atoms with van der Waals surface area (Å²) in [6.45, 7) is 3.34. The van der Waals surface area contributed by atoms with Crippen LogP contribution in [0.15, 0.2) is 0 Å². The minimum Gasteiger partial charge on any atom is -0.481 e. The Balaban J connectivity index is 2.06. The summed E-state index contributed by atoms with van der Waals surface area (Å²) in [5.41, 5.74) is 0. The second-order valence-electron chi connectivity index (χ2n) is 4.91. The van der Waals surface area contributed by atoms with Crippen LogP contribution in [0.1, 0.15) is 45.4 Å². The molecule has 0 aromatic carbocycles. The van der Waals surface area contributed by atoms with Gasteiger partial charge in [0.15, 0.2) is 0 Å². The van der Waals surface area contributed by atoms with Crippen LogP contribution >= 0.6 is 0 Å². The van der Waals surface area contributed by atoms with E-state index in [9.17, 15) is 9.90 Å². The van der Waals surface area contributed by atoms with Crippen LogP contribution in [0.25, 0.3) is 0 Å². The molecule has 0 amide bonds. The number of nitrogens with zero attached hydrogens (tertiary/aromatic N) is 1. The van der Waals surface area contributed by atoms with Gasteiger partial charge in [-0.3, -0.25) is 9.69 Å². The van der Waals surface area contributed by atoms with E-state index in [4.69, 9.17) is 0 Å². The van der Waals surface area contributed by atoms with E-state index in [1.165, 1.54) is 19.3 Å². The van der Waals surface area contributed by atoms with Gasteiger partial charge < -0.3 is 5.11 Å². The smallest absolute Gasteiger partial charge is 0.308 e. The van der Waals surface area contributed by atoms with E-state index >= 15 is 0 Å². The lowest BCUT2D eigenvalue weighted by molar-refractivity contribution is -0.146. The Labute approximate surface area is 91.5 Å². The highest BCUT2D eigenvalue weighted by Gasteiger charge is 2.42. The lowest BCUT2D eigenvalue weighted by Gasteiger charge is -2.41. The molecule has 0 radical (unpaired) electrons. The van der Waals surface area contributed by atoms with E-state index in [0.717, 1.165) is 25.8 Å². The van der Waals surface area contributed by atoms with Gasteiger partial charge in [0, 0.05) is 12.1 Å². The Kier molecular flexibility index (Phi) is 3.29. The molecule has 0 unspecified atom stereocenters. The summed E-state index contributed by atoms with van der Waals surface area (Å²) in [4.78, 5) is 13.6. The maximum atomic E-state index is 11.1. The predicted molar refractivity (Wildman–Crippen MR) is 58.8 cm³/mol. The second-order valence-corrected chi connectivity index (χ2v) is 4.91. The molecule has 0 aromatic rings. The van der Waals surface area contributed by atoms with Crippen LogP contribution in [0, 0.1) is 5.92 Å². The molecule has 1 N–H and O–H groups in total. The van der Waals surface area contributed by atoms with Gasteiger partial charge in [-0.1, -0.05) is 13.3 Å². The van der Waals surface area contributed by atoms with E-state index in [1.54, 1.807) is 0 Å². The lowest BCUT2D eigenvalue weighted by atomic mass is 9.84. The van der Waals surface area contributed by atoms with Crippen molar-refractivity contribution in [3.63, 3.8) is 0 Å². The quantitative estimate of drug-likeness (QED) is 0.777. The van der Waals surface area contributed by atoms with Crippen molar-refractivity contribution in [2.75, 3.05) is 6.54 Å². The molecular weight excluding hydrogens is 190 g/mol. The largest absolute Gasteiger partial charge is 0.481 e. The second kappa shape index (κ2) is 4.52. The average molecular weight is 211 g/mol. The first-order chi connectivity index (χ1) is 7.24. The summed E-state index contributed by atoms with van der Waals surface area (Å²) >= 11 is 0. The number of carboxylic acid groups (broad SMARTS) is 1. The third-order valence-corrected chi connectivity index (χ3v) is 4.03. The molecule has 0 aliphatic carbocycles. The molecule has 0 spiro atoms. The van der Waals surface area contributed by atoms with Gasteiger partial charge in [0.05, 0.1) is 5.92 Å². The highest BCUT2D eigenvalue weighted by molar-refractivity contribution is 5.71. The summed E-state index contributed by atoms with van der Waals surface area (Å²) in [6.07, 6.45) is 6.71. The van der Waals surface area contributed by atoms with Gasteiger partial charge in [-0.25, -0.2) is 0 Å². The molecule has 0 bridgehead atoms. The normalized spacial score (nSPS) is 36.5. The fraction of sp³-hybridized carbons (Fsp3) is 0.917. The van der Waals surface area contributed by atoms with Crippen molar-refractivity contribution in [2.45, 2.75) is 57.5 Å². The van der Waals surface area contributed by atoms with Crippen molar-refractivity contribution in [1.82, 2.24) is 4.90 Å². The highest BCUT2D eigenvalue weighted by Crippen LogP contribution is 2.36. The van der Waals surface area contributed by atoms with Crippen LogP contribution in [0.2, 0.25) is 0 Å². The standard InChI is InChI=1S/C12H21NO2/c1-2-4-9-6-7-10(12(14)15)11-5-3-8-13(9)11/h9-11H,2-8H2,1H3,(H,14,15)/t9-,10+,11+/m1/s1. The molecule has 2 aliphatic heterocycles. The van der Waals surface area contributed by atoms with Crippen LogP contribution in [0.5, 0.6) is 0 Å². The van der Waals surface area contributed by atoms with Crippen LogP contribution < -0.4 is 0 Å². The molecule has 15 heavy (non-hydrogen) atoms. The Morgan fingerprint density at radius 2 is 2.20 bits per heavy atom. The number of hydrogen-bond donors (Lipinski definition) is 1. The van der Waals surface area contributed by atoms with Gasteiger partial charge in [0.1, 0.15) is 0 Å². The van der Waals surface area contributed by atoms with E-state index < -0.39 is 5.97 Å². The number of hydrogen-bond acceptors (Lipinski definition) is 2. The minimum absolute atomic E-state index is 0.0967. The van der Waals surface area contributed by atoms with Gasteiger partial charge in [-0.15, -0.1) is 0 Å². The number of aliphatic carboxylic acids is 1. The van der Waals surface area contributed by atoms with Crippen molar-refractivity contribution in [3.05, 3.63) is 0 Å². The first kappa shape index (κ1) is 10.9. The number of rotatable bonds is 3. The monoisotopic (exact) mass is 211 g/mol. The summed E-state index contributed by atoms with van der Waals surface area (Å²) in [6, 6.07) is 1.01. The molecular formula is C12H21NO2. The Morgan fingerprint density at radius 1 is 1.40 bits per heavy atom. The van der Waals surface area contributed by atoms with E-state index in [2.05, 4.69) is 11.8 Å². The maximum Gasteiger partial charge on any atom is 0.308 e. The van der Waals surface area contributed by atoms with Gasteiger partial charge in [-0.2, -0.15) is 0 Å². The summed E-state index contributed by atoms with van der Waals surface area (Å²) in [7, 11) is 0. The Hall–Kier alpha value is -0.570. The van der Waals surface area contributed by atoms with Gasteiger partial charge in [-0.05, 0) is 38.6 Å². The zero-order valence-corrected chi connectivity index (χ0v) is 9.48. The summed E-state index contributed by atoms with van der Waals surface area (Å²) < 4.78 is 0. The van der Waals surface area contributed by atoms with Crippen LogP contribution in [0.3, 0.4) is 0 Å². The van der Waals surface area contributed by atoms with Crippen molar-refractivity contribution in [1.29, 1.82) is 0 Å². The number of fused-ring (bicyclic) bond motifs is 1. The highest BCUT2D eigenvalue weighted by atomic mass is 16.4. The summed E-state index contributed by atoms with van der Waals surface area (Å²) in [5.74, 6) is -0.678. The molecule has 2 heterocycles. The zero-order valence-electron chi connectivity index (χ0n) is 9.48. The molecule has 2 rings (SSSR count). The molecule has 3 nitrogen and oxygen atoms in total. The van der Waals surface area contributed by atoms with Crippen molar-refractivity contribution < 1.29 is 9.90 Å². The zero-order chi connectivity index (χ0) is 10.8. The van der Waals surface area contributed by atoms with Gasteiger partial charge >= 0.3 is 5.97 Å². The van der Waals surface area contributed by atoms with Crippen molar-refractivity contribution >= 4 is 5.97 Å². The van der Waals surface area contributed by atoms with Crippen LogP contribution in [0.4, 0.5) is 0 Å². The molecule has 0 saturated carbocycles. The number of piperidine rings is 1. The van der Waals surface area contributed by atoms with E-state index in [-0.39, 0.29) is 5.92 Å². The average Bonchev–Trinajstić information content (AvgIpc) is 2.66. The van der Waals surface area contributed by atoms with E-state index in [1.807, 2.05) is 0 Å². The summed E-state index contributed by atoms with van der Waals surface area (Å²) in [5, 5.41) is 9.17. The maximum absolute atomic E-state index is 11.1. The third kappa shape index (κ3) is 2.03. The SMILES string of the molecule is CCC[C@@H]1CC[C@H](C(=O)O)[C@@H]2CCCN12.